The molecule has 0 aliphatic carbocycles. The Morgan fingerprint density at radius 3 is 1.48 bits per heavy atom. The minimum absolute atomic E-state index is 0.240. The number of unbranched alkanes of at least 4 members (excludes halogenated alkanes) is 4. The van der Waals surface area contributed by atoms with E-state index in [2.05, 4.69) is 103 Å². The van der Waals surface area contributed by atoms with Gasteiger partial charge in [-0.1, -0.05) is 89.1 Å². The lowest BCUT2D eigenvalue weighted by molar-refractivity contribution is -0.697. The number of pyridine rings is 3. The van der Waals surface area contributed by atoms with Crippen molar-refractivity contribution < 1.29 is 32.0 Å². The average Bonchev–Trinajstić information content (AvgIpc) is 3.25. The molecule has 0 aliphatic rings. The van der Waals surface area contributed by atoms with Crippen molar-refractivity contribution in [1.29, 1.82) is 0 Å². The number of nitrogens with zero attached hydrogens (tertiary/aromatic N) is 3. The number of aromatic nitrogens is 3. The number of hydrogen-bond acceptors (Lipinski definition) is 5. The first-order valence-corrected chi connectivity index (χ1v) is 24.8. The number of carboxylic acids is 1. The van der Waals surface area contributed by atoms with Gasteiger partial charge in [0.1, 0.15) is 13.1 Å². The lowest BCUT2D eigenvalue weighted by atomic mass is 9.83. The number of carbonyl (C=O) groups is 1. The molecule has 1 aromatic carbocycles. The predicted octanol–water partition coefficient (Wildman–Crippen LogP) is 11.6. The smallest absolute Gasteiger partial charge is 0.303 e. The highest BCUT2D eigenvalue weighted by Crippen LogP contribution is 2.35. The van der Waals surface area contributed by atoms with Crippen LogP contribution in [0.5, 0.6) is 0 Å². The van der Waals surface area contributed by atoms with E-state index >= 15 is 0 Å². The molecule has 8 nitrogen and oxygen atoms in total. The highest BCUT2D eigenvalue weighted by molar-refractivity contribution is 7.85. The Kier molecular flexibility index (Phi) is 22.6. The van der Waals surface area contributed by atoms with Gasteiger partial charge < -0.3 is 9.66 Å². The van der Waals surface area contributed by atoms with Crippen molar-refractivity contribution in [2.75, 3.05) is 5.75 Å². The van der Waals surface area contributed by atoms with Crippen LogP contribution in [0.25, 0.3) is 0 Å². The maximum atomic E-state index is 11.1. The number of aliphatic carboxylic acids is 1. The molecule has 0 amide bonds. The van der Waals surface area contributed by atoms with Crippen LogP contribution in [0.3, 0.4) is 0 Å². The summed E-state index contributed by atoms with van der Waals surface area (Å²) in [6, 6.07) is 24.5. The third kappa shape index (κ3) is 19.2. The minimum Gasteiger partial charge on any atom is -0.748 e. The molecule has 3 heterocycles. The van der Waals surface area contributed by atoms with Gasteiger partial charge in [0.25, 0.3) is 0 Å². The fourth-order valence-electron chi connectivity index (χ4n) is 9.02. The predicted molar refractivity (Wildman–Crippen MR) is 241 cm³/mol. The fourth-order valence-corrected chi connectivity index (χ4v) is 9.51. The van der Waals surface area contributed by atoms with Crippen LogP contribution in [-0.2, 0) is 28.0 Å². The van der Waals surface area contributed by atoms with Gasteiger partial charge in [0.05, 0.1) is 10.1 Å². The molecule has 1 N–H and O–H groups in total. The molecule has 4 atom stereocenters. The van der Waals surface area contributed by atoms with Crippen molar-refractivity contribution in [3.8, 4) is 0 Å². The van der Waals surface area contributed by atoms with Gasteiger partial charge in [-0.25, -0.2) is 17.6 Å². The zero-order valence-electron chi connectivity index (χ0n) is 36.7. The van der Waals surface area contributed by atoms with E-state index < -0.39 is 16.1 Å². The normalized spacial score (nSPS) is 13.8. The third-order valence-electron chi connectivity index (χ3n) is 12.5. The lowest BCUT2D eigenvalue weighted by Gasteiger charge is -2.22. The summed E-state index contributed by atoms with van der Waals surface area (Å²) in [5.41, 5.74) is 5.65. The molecule has 4 unspecified atom stereocenters. The van der Waals surface area contributed by atoms with Crippen molar-refractivity contribution >= 4 is 16.1 Å². The molecule has 0 bridgehead atoms. The Labute approximate surface area is 362 Å². The van der Waals surface area contributed by atoms with Gasteiger partial charge in [-0.3, -0.25) is 9.78 Å². The zero-order valence-corrected chi connectivity index (χ0v) is 37.5. The van der Waals surface area contributed by atoms with Crippen LogP contribution in [0.2, 0.25) is 0 Å². The van der Waals surface area contributed by atoms with E-state index in [4.69, 9.17) is 5.11 Å². The second-order valence-corrected chi connectivity index (χ2v) is 18.6. The van der Waals surface area contributed by atoms with E-state index in [0.717, 1.165) is 57.9 Å². The second kappa shape index (κ2) is 27.8. The maximum Gasteiger partial charge on any atom is 0.303 e. The molecular weight excluding hydrogens is 767 g/mol. The molecule has 4 aromatic rings. The summed E-state index contributed by atoms with van der Waals surface area (Å²) >= 11 is 0. The molecule has 0 spiro atoms. The van der Waals surface area contributed by atoms with Gasteiger partial charge >= 0.3 is 5.97 Å². The van der Waals surface area contributed by atoms with Gasteiger partial charge in [0, 0.05) is 61.7 Å². The molecule has 0 aliphatic heterocycles. The Morgan fingerprint density at radius 1 is 0.550 bits per heavy atom. The molecule has 0 radical (unpaired) electrons. The topological polar surface area (TPSA) is 115 Å². The van der Waals surface area contributed by atoms with Gasteiger partial charge in [-0.15, -0.1) is 0 Å². The molecule has 60 heavy (non-hydrogen) atoms. The van der Waals surface area contributed by atoms with Crippen molar-refractivity contribution in [2.24, 2.45) is 0 Å². The average molecular weight is 841 g/mol. The molecular formula is C51H74N3O5S+. The highest BCUT2D eigenvalue weighted by atomic mass is 32.2. The van der Waals surface area contributed by atoms with Gasteiger partial charge in [0.2, 0.25) is 0 Å². The number of rotatable bonds is 32. The second-order valence-electron chi connectivity index (χ2n) is 17.1. The summed E-state index contributed by atoms with van der Waals surface area (Å²) in [6.07, 6.45) is 33.4. The maximum absolute atomic E-state index is 11.1. The van der Waals surface area contributed by atoms with Gasteiger partial charge in [-0.2, -0.15) is 0 Å². The molecule has 0 saturated heterocycles. The lowest BCUT2D eigenvalue weighted by Crippen LogP contribution is -2.33. The number of aryl methyl sites for hydroxylation is 2. The number of carboxylic acid groups (broad SMARTS) is 1. The molecule has 3 aromatic heterocycles. The van der Waals surface area contributed by atoms with Crippen LogP contribution < -0.4 is 9.13 Å². The van der Waals surface area contributed by atoms with Crippen LogP contribution in [-0.4, -0.2) is 34.8 Å². The monoisotopic (exact) mass is 841 g/mol. The Balaban J connectivity index is 1.39. The molecule has 4 rings (SSSR count). The quantitative estimate of drug-likeness (QED) is 0.0297. The van der Waals surface area contributed by atoms with Crippen molar-refractivity contribution in [3.63, 3.8) is 0 Å². The van der Waals surface area contributed by atoms with E-state index in [1.54, 1.807) is 0 Å². The number of hydrogen-bond donors (Lipinski definition) is 1. The fraction of sp³-hybridized carbons (Fsp3) is 0.569. The summed E-state index contributed by atoms with van der Waals surface area (Å²) in [5, 5.41) is 8.99. The Hall–Kier alpha value is -3.95. The number of benzene rings is 1. The van der Waals surface area contributed by atoms with E-state index in [1.165, 1.54) is 86.5 Å². The summed E-state index contributed by atoms with van der Waals surface area (Å²) in [5.74, 6) is 1.07. The summed E-state index contributed by atoms with van der Waals surface area (Å²) in [6.45, 7) is 5.97. The van der Waals surface area contributed by atoms with Crippen molar-refractivity contribution in [1.82, 2.24) is 4.98 Å². The van der Waals surface area contributed by atoms with Gasteiger partial charge in [0.15, 0.2) is 24.8 Å². The molecule has 9 heteroatoms. The molecule has 0 saturated carbocycles. The van der Waals surface area contributed by atoms with Crippen LogP contribution in [0.15, 0.2) is 104 Å². The first-order chi connectivity index (χ1) is 29.1. The zero-order chi connectivity index (χ0) is 42.8. The van der Waals surface area contributed by atoms with E-state index in [0.29, 0.717) is 36.6 Å². The highest BCUT2D eigenvalue weighted by Gasteiger charge is 2.19. The Morgan fingerprint density at radius 2 is 1.00 bits per heavy atom. The standard InChI is InChI=1S/C51H73N3O5S/c1-3-5-18-44(49-32-40-54(41-33-49)37-16-42-60(57,58)59)24-15-26-47(50-30-38-53(39-31-50)36-13-7-10-27-51(55)56)22-12-11-21-46(48-28-34-52-35-29-48)25-14-23-43(17-4-2)45-19-8-6-9-20-45/h6,8-9,19-20,28-35,38-41,43-44,46-47H,3-5,7,10-18,21-27,36-37,42H2,1-2H3/p+1. The molecule has 0 fully saturated rings. The van der Waals surface area contributed by atoms with Crippen LogP contribution in [0.4, 0.5) is 0 Å². The first kappa shape index (κ1) is 48.7. The SMILES string of the molecule is CCCCC(CCCC(CCCCC(CCCC(CCC)c1ccccc1)c1ccncc1)c1cc[n+](CCCCCC(=O)O)cc1)c1cc[n+](CCCS(=O)(=O)[O-])cc1. The summed E-state index contributed by atoms with van der Waals surface area (Å²) in [7, 11) is -4.20. The van der Waals surface area contributed by atoms with E-state index in [9.17, 15) is 17.8 Å². The van der Waals surface area contributed by atoms with E-state index in [-0.39, 0.29) is 12.2 Å². The van der Waals surface area contributed by atoms with Crippen LogP contribution in [0, 0.1) is 0 Å². The molecule has 328 valence electrons. The third-order valence-corrected chi connectivity index (χ3v) is 13.2. The Bertz CT molecular complexity index is 1840. The van der Waals surface area contributed by atoms with Crippen molar-refractivity contribution in [3.05, 3.63) is 126 Å². The first-order valence-electron chi connectivity index (χ1n) is 23.2. The van der Waals surface area contributed by atoms with Crippen LogP contribution in [0.1, 0.15) is 188 Å². The largest absolute Gasteiger partial charge is 0.748 e. The van der Waals surface area contributed by atoms with Gasteiger partial charge in [-0.05, 0) is 122 Å². The van der Waals surface area contributed by atoms with E-state index in [1.807, 2.05) is 29.4 Å². The van der Waals surface area contributed by atoms with Crippen molar-refractivity contribution in [2.45, 2.75) is 179 Å². The summed E-state index contributed by atoms with van der Waals surface area (Å²) < 4.78 is 37.4. The van der Waals surface area contributed by atoms with Crippen LogP contribution >= 0.6 is 0 Å². The summed E-state index contributed by atoms with van der Waals surface area (Å²) in [4.78, 5) is 15.3. The minimum atomic E-state index is -4.20.